The van der Waals surface area contributed by atoms with E-state index < -0.39 is 0 Å². The Kier molecular flexibility index (Phi) is 6.90. The molecule has 1 radical (unpaired) electrons. The van der Waals surface area contributed by atoms with E-state index in [9.17, 15) is 0 Å². The van der Waals surface area contributed by atoms with Gasteiger partial charge in [0.15, 0.2) is 0 Å². The summed E-state index contributed by atoms with van der Waals surface area (Å²) in [5.41, 5.74) is 10.6. The molecule has 0 aliphatic rings. The van der Waals surface area contributed by atoms with Crippen LogP contribution in [-0.2, 0) is 20.1 Å². The third-order valence-electron chi connectivity index (χ3n) is 7.20. The summed E-state index contributed by atoms with van der Waals surface area (Å²) >= 11 is 0. The molecule has 0 atom stereocenters. The summed E-state index contributed by atoms with van der Waals surface area (Å²) in [6.07, 6.45) is 1.85. The van der Waals surface area contributed by atoms with Gasteiger partial charge in [-0.15, -0.1) is 23.6 Å². The Morgan fingerprint density at radius 2 is 1.05 bits per heavy atom. The summed E-state index contributed by atoms with van der Waals surface area (Å²) in [5, 5.41) is 3.36. The van der Waals surface area contributed by atoms with Crippen LogP contribution in [0.2, 0.25) is 0 Å². The van der Waals surface area contributed by atoms with Crippen molar-refractivity contribution >= 4 is 21.7 Å². The molecule has 6 aromatic carbocycles. The van der Waals surface area contributed by atoms with Gasteiger partial charge in [0.25, 0.3) is 0 Å². The van der Waals surface area contributed by atoms with Gasteiger partial charge in [0, 0.05) is 26.3 Å². The fourth-order valence-corrected chi connectivity index (χ4v) is 5.32. The van der Waals surface area contributed by atoms with Crippen LogP contribution in [0.15, 0.2) is 146 Å². The first-order valence-corrected chi connectivity index (χ1v) is 12.9. The molecule has 0 saturated heterocycles. The zero-order valence-corrected chi connectivity index (χ0v) is 23.5. The number of nitrogens with zero attached hydrogens (tertiary/aromatic N) is 1. The largest absolute Gasteiger partial charge is 0.304 e. The molecule has 1 aromatic heterocycles. The molecule has 0 aliphatic carbocycles. The van der Waals surface area contributed by atoms with Crippen molar-refractivity contribution in [3.63, 3.8) is 0 Å². The molecule has 1 nitrogen and oxygen atoms in total. The smallest absolute Gasteiger partial charge is 0.0161 e. The molecule has 0 spiro atoms. The SMILES string of the molecule is [Ir].[c-]1ccc(-c2cccc(-c3cc(-c4ccccc4)cc(-c4ccccc4)c3)c2)c2ccc3cccnc3c12. The number of fused-ring (bicyclic) bond motifs is 3. The van der Waals surface area contributed by atoms with Gasteiger partial charge in [-0.1, -0.05) is 108 Å². The maximum Gasteiger partial charge on any atom is 0.0161 e. The molecule has 0 unspecified atom stereocenters. The van der Waals surface area contributed by atoms with Gasteiger partial charge in [-0.2, -0.15) is 0 Å². The number of hydrogen-bond acceptors (Lipinski definition) is 1. The molecule has 0 bridgehead atoms. The summed E-state index contributed by atoms with van der Waals surface area (Å²) in [6, 6.07) is 53.0. The van der Waals surface area contributed by atoms with E-state index in [1.54, 1.807) is 0 Å². The van der Waals surface area contributed by atoms with Crippen LogP contribution in [0.3, 0.4) is 0 Å². The minimum absolute atomic E-state index is 0. The van der Waals surface area contributed by atoms with Crippen LogP contribution in [0.4, 0.5) is 0 Å². The van der Waals surface area contributed by atoms with E-state index in [1.165, 1.54) is 49.9 Å². The van der Waals surface area contributed by atoms with Crippen LogP contribution in [0.5, 0.6) is 0 Å². The number of pyridine rings is 1. The van der Waals surface area contributed by atoms with Gasteiger partial charge in [-0.3, -0.25) is 0 Å². The van der Waals surface area contributed by atoms with Crippen LogP contribution in [0, 0.1) is 6.07 Å². The van der Waals surface area contributed by atoms with Crippen LogP contribution < -0.4 is 0 Å². The van der Waals surface area contributed by atoms with Crippen molar-refractivity contribution in [2.75, 3.05) is 0 Å². The molecule has 7 rings (SSSR count). The van der Waals surface area contributed by atoms with E-state index in [1.807, 2.05) is 18.3 Å². The van der Waals surface area contributed by atoms with Gasteiger partial charge < -0.3 is 4.98 Å². The first-order chi connectivity index (χ1) is 18.8. The van der Waals surface area contributed by atoms with Crippen molar-refractivity contribution in [1.29, 1.82) is 0 Å². The molecule has 187 valence electrons. The molecule has 0 saturated carbocycles. The second-order valence-corrected chi connectivity index (χ2v) is 9.57. The normalized spacial score (nSPS) is 10.9. The average molecular weight is 675 g/mol. The first-order valence-electron chi connectivity index (χ1n) is 12.9. The van der Waals surface area contributed by atoms with Gasteiger partial charge in [-0.25, -0.2) is 0 Å². The number of benzene rings is 6. The molecule has 1 heterocycles. The Bertz CT molecular complexity index is 1850. The number of rotatable bonds is 4. The quantitative estimate of drug-likeness (QED) is 0.134. The van der Waals surface area contributed by atoms with E-state index in [-0.39, 0.29) is 20.1 Å². The van der Waals surface area contributed by atoms with E-state index >= 15 is 0 Å². The maximum absolute atomic E-state index is 4.66. The average Bonchev–Trinajstić information content (AvgIpc) is 3.01. The molecule has 0 fully saturated rings. The van der Waals surface area contributed by atoms with Gasteiger partial charge >= 0.3 is 0 Å². The topological polar surface area (TPSA) is 12.9 Å². The Hall–Kier alpha value is -4.36. The van der Waals surface area contributed by atoms with E-state index in [0.717, 1.165) is 16.3 Å². The third-order valence-corrected chi connectivity index (χ3v) is 7.20. The van der Waals surface area contributed by atoms with E-state index in [0.29, 0.717) is 0 Å². The van der Waals surface area contributed by atoms with Crippen molar-refractivity contribution in [1.82, 2.24) is 4.98 Å². The second-order valence-electron chi connectivity index (χ2n) is 9.57. The molecular formula is C37H24IrN-. The summed E-state index contributed by atoms with van der Waals surface area (Å²) in [4.78, 5) is 4.66. The maximum atomic E-state index is 4.66. The molecule has 7 aromatic rings. The predicted molar refractivity (Wildman–Crippen MR) is 160 cm³/mol. The Morgan fingerprint density at radius 3 is 1.74 bits per heavy atom. The van der Waals surface area contributed by atoms with Crippen LogP contribution in [0.25, 0.3) is 66.2 Å². The minimum Gasteiger partial charge on any atom is -0.304 e. The first kappa shape index (κ1) is 24.9. The Labute approximate surface area is 242 Å². The zero-order valence-electron chi connectivity index (χ0n) is 21.1. The molecule has 2 heteroatoms. The summed E-state index contributed by atoms with van der Waals surface area (Å²) < 4.78 is 0. The fourth-order valence-electron chi connectivity index (χ4n) is 5.32. The summed E-state index contributed by atoms with van der Waals surface area (Å²) in [7, 11) is 0. The second kappa shape index (κ2) is 10.8. The zero-order chi connectivity index (χ0) is 25.3. The van der Waals surface area contributed by atoms with Crippen LogP contribution in [-0.4, -0.2) is 4.98 Å². The Morgan fingerprint density at radius 1 is 0.462 bits per heavy atom. The molecule has 0 amide bonds. The molecule has 0 N–H and O–H groups in total. The molecular weight excluding hydrogens is 651 g/mol. The van der Waals surface area contributed by atoms with Crippen molar-refractivity contribution in [2.24, 2.45) is 0 Å². The van der Waals surface area contributed by atoms with Crippen LogP contribution in [0.1, 0.15) is 0 Å². The minimum atomic E-state index is 0. The summed E-state index contributed by atoms with van der Waals surface area (Å²) in [6.45, 7) is 0. The van der Waals surface area contributed by atoms with Gasteiger partial charge in [-0.05, 0) is 80.2 Å². The van der Waals surface area contributed by atoms with Gasteiger partial charge in [0.1, 0.15) is 0 Å². The monoisotopic (exact) mass is 675 g/mol. The van der Waals surface area contributed by atoms with Gasteiger partial charge in [0.05, 0.1) is 0 Å². The standard InChI is InChI=1S/C37H24N.Ir/c1-3-10-26(11-4-1)31-23-32(27-12-5-2-6-13-27)25-33(24-31)29-14-7-15-30(22-29)34-17-8-18-36-35(34)20-19-28-16-9-21-38-37(28)36;/h1-17,19-25H;/q-1;. The van der Waals surface area contributed by atoms with Crippen molar-refractivity contribution in [2.45, 2.75) is 0 Å². The van der Waals surface area contributed by atoms with E-state index in [4.69, 9.17) is 0 Å². The van der Waals surface area contributed by atoms with Crippen molar-refractivity contribution < 1.29 is 20.1 Å². The fraction of sp³-hybridized carbons (Fsp3) is 0. The van der Waals surface area contributed by atoms with E-state index in [2.05, 4.69) is 138 Å². The van der Waals surface area contributed by atoms with Crippen molar-refractivity contribution in [3.05, 3.63) is 152 Å². The Balaban J connectivity index is 0.00000277. The number of hydrogen-bond donors (Lipinski definition) is 0. The summed E-state index contributed by atoms with van der Waals surface area (Å²) in [5.74, 6) is 0. The van der Waals surface area contributed by atoms with Crippen molar-refractivity contribution in [3.8, 4) is 44.5 Å². The number of aromatic nitrogens is 1. The third kappa shape index (κ3) is 4.81. The molecule has 0 aliphatic heterocycles. The van der Waals surface area contributed by atoms with Gasteiger partial charge in [0.2, 0.25) is 0 Å². The van der Waals surface area contributed by atoms with Crippen LogP contribution >= 0.6 is 0 Å². The molecule has 39 heavy (non-hydrogen) atoms. The predicted octanol–water partition coefficient (Wildman–Crippen LogP) is 9.85.